The first-order valence-electron chi connectivity index (χ1n) is 7.37. The van der Waals surface area contributed by atoms with Crippen molar-refractivity contribution >= 4 is 31.2 Å². The van der Waals surface area contributed by atoms with Gasteiger partial charge in [0.05, 0.1) is 25.9 Å². The van der Waals surface area contributed by atoms with E-state index in [4.69, 9.17) is 21.5 Å². The molecule has 3 heterocycles. The predicted molar refractivity (Wildman–Crippen MR) is 86.0 cm³/mol. The van der Waals surface area contributed by atoms with E-state index < -0.39 is 39.0 Å². The molecule has 5 unspecified atom stereocenters. The molecule has 1 saturated heterocycles. The number of nitrogens with zero attached hydrogens (tertiary/aromatic N) is 3. The topological polar surface area (TPSA) is 152 Å². The van der Waals surface area contributed by atoms with Crippen LogP contribution >= 0.6 is 20.0 Å². The van der Waals surface area contributed by atoms with Gasteiger partial charge in [-0.25, -0.2) is 14.5 Å². The molecule has 2 aromatic heterocycles. The molecular formula is C12H17N4O7PS. The Kier molecular flexibility index (Phi) is 5.32. The van der Waals surface area contributed by atoms with Crippen LogP contribution in [0.3, 0.4) is 0 Å². The van der Waals surface area contributed by atoms with Gasteiger partial charge in [0.1, 0.15) is 29.5 Å². The van der Waals surface area contributed by atoms with Crippen LogP contribution in [0.25, 0.3) is 11.2 Å². The minimum absolute atomic E-state index is 0.0125. The highest BCUT2D eigenvalue weighted by Gasteiger charge is 2.45. The largest absolute Gasteiger partial charge is 0.472 e. The van der Waals surface area contributed by atoms with Crippen molar-refractivity contribution in [3.8, 4) is 0 Å². The van der Waals surface area contributed by atoms with Crippen molar-refractivity contribution in [1.82, 2.24) is 19.5 Å². The van der Waals surface area contributed by atoms with E-state index in [9.17, 15) is 19.7 Å². The number of imidazole rings is 1. The summed E-state index contributed by atoms with van der Waals surface area (Å²) in [7, 11) is -4.24. The molecule has 4 N–H and O–H groups in total. The van der Waals surface area contributed by atoms with Crippen LogP contribution in [0.4, 0.5) is 0 Å². The first kappa shape index (κ1) is 18.5. The van der Waals surface area contributed by atoms with Crippen molar-refractivity contribution in [3.05, 3.63) is 17.3 Å². The Bertz CT molecular complexity index is 857. The zero-order valence-corrected chi connectivity index (χ0v) is 14.8. The van der Waals surface area contributed by atoms with Crippen molar-refractivity contribution in [1.29, 1.82) is 0 Å². The van der Waals surface area contributed by atoms with E-state index >= 15 is 0 Å². The number of aliphatic hydroxyl groups excluding tert-OH is 2. The zero-order chi connectivity index (χ0) is 18.2. The predicted octanol–water partition coefficient (Wildman–Crippen LogP) is 0.262. The number of ether oxygens (including phenoxy) is 1. The number of nitrogens with one attached hydrogen (secondary N) is 1. The monoisotopic (exact) mass is 392 g/mol. The Morgan fingerprint density at radius 1 is 1.40 bits per heavy atom. The van der Waals surface area contributed by atoms with Gasteiger partial charge in [0, 0.05) is 0 Å². The molecule has 5 atom stereocenters. The second-order valence-electron chi connectivity index (χ2n) is 5.29. The third kappa shape index (κ3) is 3.66. The van der Waals surface area contributed by atoms with Crippen LogP contribution in [0.1, 0.15) is 13.2 Å². The van der Waals surface area contributed by atoms with Gasteiger partial charge in [-0.05, 0) is 6.92 Å². The fraction of sp³-hybridized carbons (Fsp3) is 0.583. The Morgan fingerprint density at radius 3 is 2.88 bits per heavy atom. The highest BCUT2D eigenvalue weighted by Crippen LogP contribution is 2.44. The van der Waals surface area contributed by atoms with E-state index in [0.717, 1.165) is 0 Å². The maximum atomic E-state index is 11.6. The highest BCUT2D eigenvalue weighted by atomic mass is 32.1. The lowest BCUT2D eigenvalue weighted by molar-refractivity contribution is -0.0513. The molecule has 0 amide bonds. The molecular weight excluding hydrogens is 375 g/mol. The number of fused-ring (bicyclic) bond motifs is 1. The SMILES string of the molecule is CCOP(=O)(O)OCC1OC(n2cnc3c(=S)nc[nH]c32)C(O)C1O. The minimum Gasteiger partial charge on any atom is -0.387 e. The van der Waals surface area contributed by atoms with E-state index in [2.05, 4.69) is 19.5 Å². The van der Waals surface area contributed by atoms with Gasteiger partial charge in [-0.3, -0.25) is 13.6 Å². The summed E-state index contributed by atoms with van der Waals surface area (Å²) >= 11 is 5.07. The summed E-state index contributed by atoms with van der Waals surface area (Å²) in [6.45, 7) is 1.09. The number of aliphatic hydroxyl groups is 2. The number of hydrogen-bond acceptors (Lipinski definition) is 9. The van der Waals surface area contributed by atoms with Gasteiger partial charge in [0.2, 0.25) is 0 Å². The van der Waals surface area contributed by atoms with E-state index in [1.165, 1.54) is 24.1 Å². The number of rotatable bonds is 6. The van der Waals surface area contributed by atoms with Crippen LogP contribution in [0.15, 0.2) is 12.7 Å². The summed E-state index contributed by atoms with van der Waals surface area (Å²) in [6.07, 6.45) is -1.92. The maximum Gasteiger partial charge on any atom is 0.472 e. The Hall–Kier alpha value is -1.24. The number of phosphoric acid groups is 1. The van der Waals surface area contributed by atoms with Gasteiger partial charge >= 0.3 is 7.82 Å². The molecule has 1 aliphatic rings. The Labute approximate surface area is 146 Å². The molecule has 138 valence electrons. The van der Waals surface area contributed by atoms with Gasteiger partial charge in [-0.2, -0.15) is 0 Å². The van der Waals surface area contributed by atoms with Crippen molar-refractivity contribution in [2.75, 3.05) is 13.2 Å². The van der Waals surface area contributed by atoms with Gasteiger partial charge in [0.15, 0.2) is 10.9 Å². The molecule has 0 saturated carbocycles. The van der Waals surface area contributed by atoms with Crippen LogP contribution in [0.5, 0.6) is 0 Å². The zero-order valence-electron chi connectivity index (χ0n) is 13.1. The Balaban J connectivity index is 1.79. The van der Waals surface area contributed by atoms with Crippen LogP contribution in [-0.2, 0) is 18.3 Å². The second kappa shape index (κ2) is 7.17. The third-order valence-corrected chi connectivity index (χ3v) is 5.04. The maximum absolute atomic E-state index is 11.6. The number of aromatic amines is 1. The van der Waals surface area contributed by atoms with Crippen LogP contribution in [0, 0.1) is 4.64 Å². The average Bonchev–Trinajstić information content (AvgIpc) is 3.10. The van der Waals surface area contributed by atoms with Crippen LogP contribution < -0.4 is 0 Å². The van der Waals surface area contributed by atoms with Gasteiger partial charge in [0.25, 0.3) is 0 Å². The van der Waals surface area contributed by atoms with E-state index in [1.807, 2.05) is 0 Å². The number of phosphoric ester groups is 1. The molecule has 11 nitrogen and oxygen atoms in total. The number of H-pyrrole nitrogens is 1. The smallest absolute Gasteiger partial charge is 0.387 e. The lowest BCUT2D eigenvalue weighted by Gasteiger charge is -2.17. The molecule has 13 heteroatoms. The first-order valence-corrected chi connectivity index (χ1v) is 9.28. The number of hydrogen-bond donors (Lipinski definition) is 4. The second-order valence-corrected chi connectivity index (χ2v) is 7.13. The summed E-state index contributed by atoms with van der Waals surface area (Å²) in [5.74, 6) is 0. The van der Waals surface area contributed by atoms with E-state index in [0.29, 0.717) is 11.2 Å². The van der Waals surface area contributed by atoms with Crippen LogP contribution in [-0.4, -0.2) is 66.2 Å². The average molecular weight is 392 g/mol. The molecule has 0 aliphatic carbocycles. The van der Waals surface area contributed by atoms with Crippen LogP contribution in [0.2, 0.25) is 0 Å². The fourth-order valence-corrected chi connectivity index (χ4v) is 3.47. The lowest BCUT2D eigenvalue weighted by Crippen LogP contribution is -2.33. The van der Waals surface area contributed by atoms with Gasteiger partial charge < -0.3 is 24.8 Å². The summed E-state index contributed by atoms with van der Waals surface area (Å²) < 4.78 is 28.2. The summed E-state index contributed by atoms with van der Waals surface area (Å²) in [4.78, 5) is 20.3. The fourth-order valence-electron chi connectivity index (χ4n) is 2.53. The first-order chi connectivity index (χ1) is 11.8. The minimum atomic E-state index is -4.24. The molecule has 0 aromatic carbocycles. The lowest BCUT2D eigenvalue weighted by atomic mass is 10.1. The van der Waals surface area contributed by atoms with Crippen molar-refractivity contribution in [3.63, 3.8) is 0 Å². The van der Waals surface area contributed by atoms with Gasteiger partial charge in [-0.15, -0.1) is 0 Å². The molecule has 2 aromatic rings. The molecule has 3 rings (SSSR count). The normalized spacial score (nSPS) is 29.1. The van der Waals surface area contributed by atoms with Crippen molar-refractivity contribution in [2.24, 2.45) is 0 Å². The summed E-state index contributed by atoms with van der Waals surface area (Å²) in [5.41, 5.74) is 0.874. The summed E-state index contributed by atoms with van der Waals surface area (Å²) in [6, 6.07) is 0. The molecule has 0 radical (unpaired) electrons. The van der Waals surface area contributed by atoms with Gasteiger partial charge in [-0.1, -0.05) is 12.2 Å². The Morgan fingerprint density at radius 2 is 2.16 bits per heavy atom. The molecule has 0 bridgehead atoms. The van der Waals surface area contributed by atoms with Crippen molar-refractivity contribution < 1.29 is 33.5 Å². The number of aromatic nitrogens is 4. The van der Waals surface area contributed by atoms with E-state index in [-0.39, 0.29) is 11.2 Å². The molecule has 25 heavy (non-hydrogen) atoms. The standard InChI is InChI=1S/C12H17N4O7PS/c1-2-21-24(19,20)22-3-6-8(17)9(18)12(23-6)16-5-15-7-10(16)13-4-14-11(7)25/h4-6,8-9,12,17-18H,2-3H2,1H3,(H,19,20)(H,13,14,25). The van der Waals surface area contributed by atoms with Crippen molar-refractivity contribution in [2.45, 2.75) is 31.5 Å². The highest BCUT2D eigenvalue weighted by molar-refractivity contribution is 7.71. The summed E-state index contributed by atoms with van der Waals surface area (Å²) in [5, 5.41) is 20.4. The quantitative estimate of drug-likeness (QED) is 0.398. The third-order valence-electron chi connectivity index (χ3n) is 3.68. The molecule has 1 fully saturated rings. The molecule has 1 aliphatic heterocycles. The van der Waals surface area contributed by atoms with E-state index in [1.54, 1.807) is 0 Å². The molecule has 0 spiro atoms.